The number of carboxylic acids is 1. The van der Waals surface area contributed by atoms with Crippen molar-refractivity contribution in [2.24, 2.45) is 5.92 Å². The molecule has 1 fully saturated rings. The second kappa shape index (κ2) is 5.77. The number of carbonyl (C=O) groups is 1. The van der Waals surface area contributed by atoms with Crippen molar-refractivity contribution in [2.75, 3.05) is 0 Å². The highest BCUT2D eigenvalue weighted by atomic mass is 32.2. The summed E-state index contributed by atoms with van der Waals surface area (Å²) < 4.78 is 27.3. The van der Waals surface area contributed by atoms with E-state index in [1.165, 1.54) is 12.1 Å². The van der Waals surface area contributed by atoms with Crippen LogP contribution >= 0.6 is 0 Å². The molecule has 2 rings (SSSR count). The fourth-order valence-corrected chi connectivity index (χ4v) is 4.07. The van der Waals surface area contributed by atoms with Gasteiger partial charge in [0.15, 0.2) is 0 Å². The van der Waals surface area contributed by atoms with E-state index in [1.54, 1.807) is 12.1 Å². The van der Waals surface area contributed by atoms with Gasteiger partial charge in [-0.15, -0.1) is 0 Å². The number of hydrogen-bond donors (Lipinski definition) is 2. The van der Waals surface area contributed by atoms with Crippen molar-refractivity contribution in [3.63, 3.8) is 0 Å². The number of aryl methyl sites for hydroxylation is 1. The van der Waals surface area contributed by atoms with Gasteiger partial charge in [0.1, 0.15) is 5.54 Å². The molecule has 5 nitrogen and oxygen atoms in total. The Labute approximate surface area is 125 Å². The number of rotatable bonds is 4. The number of aliphatic carboxylic acids is 1. The van der Waals surface area contributed by atoms with Crippen LogP contribution in [0.3, 0.4) is 0 Å². The predicted octanol–water partition coefficient (Wildman–Crippen LogP) is 2.31. The van der Waals surface area contributed by atoms with Crippen LogP contribution in [0.15, 0.2) is 29.2 Å². The van der Waals surface area contributed by atoms with Gasteiger partial charge in [0, 0.05) is 0 Å². The molecule has 1 saturated carbocycles. The zero-order chi connectivity index (χ0) is 15.7. The van der Waals surface area contributed by atoms with Crippen LogP contribution in [0.25, 0.3) is 0 Å². The van der Waals surface area contributed by atoms with E-state index in [1.807, 2.05) is 6.92 Å². The van der Waals surface area contributed by atoms with E-state index < -0.39 is 21.5 Å². The molecular formula is C15H21NO4S. The first-order chi connectivity index (χ1) is 9.75. The van der Waals surface area contributed by atoms with Crippen molar-refractivity contribution in [2.45, 2.75) is 50.0 Å². The van der Waals surface area contributed by atoms with Gasteiger partial charge in [-0.3, -0.25) is 4.79 Å². The van der Waals surface area contributed by atoms with Crippen LogP contribution in [0.1, 0.15) is 38.2 Å². The first kappa shape index (κ1) is 16.0. The molecule has 0 aliphatic heterocycles. The maximum Gasteiger partial charge on any atom is 0.324 e. The highest BCUT2D eigenvalue weighted by Gasteiger charge is 2.44. The maximum absolute atomic E-state index is 12.4. The van der Waals surface area contributed by atoms with Crippen molar-refractivity contribution in [3.8, 4) is 0 Å². The molecule has 116 valence electrons. The van der Waals surface area contributed by atoms with Crippen molar-refractivity contribution >= 4 is 16.0 Å². The molecule has 0 atom stereocenters. The van der Waals surface area contributed by atoms with Gasteiger partial charge in [-0.2, -0.15) is 4.72 Å². The standard InChI is InChI=1S/C15H21NO4S/c1-11-3-5-13(6-4-11)21(19,20)16-15(14(17)18)9-7-12(2)8-10-15/h3-6,12,16H,7-10H2,1-2H3,(H,17,18). The predicted molar refractivity (Wildman–Crippen MR) is 79.5 cm³/mol. The summed E-state index contributed by atoms with van der Waals surface area (Å²) in [7, 11) is -3.83. The van der Waals surface area contributed by atoms with Crippen LogP contribution in [0.4, 0.5) is 0 Å². The molecule has 0 aromatic heterocycles. The number of hydrogen-bond acceptors (Lipinski definition) is 3. The maximum atomic E-state index is 12.4. The van der Waals surface area contributed by atoms with Gasteiger partial charge in [-0.25, -0.2) is 8.42 Å². The Bertz CT molecular complexity index is 614. The molecule has 0 amide bonds. The van der Waals surface area contributed by atoms with Crippen molar-refractivity contribution in [1.82, 2.24) is 4.72 Å². The Morgan fingerprint density at radius 1 is 1.24 bits per heavy atom. The van der Waals surface area contributed by atoms with Crippen LogP contribution in [0.5, 0.6) is 0 Å². The molecule has 0 spiro atoms. The topological polar surface area (TPSA) is 83.5 Å². The van der Waals surface area contributed by atoms with Gasteiger partial charge in [-0.1, -0.05) is 24.6 Å². The molecule has 2 N–H and O–H groups in total. The fraction of sp³-hybridized carbons (Fsp3) is 0.533. The monoisotopic (exact) mass is 311 g/mol. The smallest absolute Gasteiger partial charge is 0.324 e. The van der Waals surface area contributed by atoms with E-state index in [4.69, 9.17) is 0 Å². The lowest BCUT2D eigenvalue weighted by Gasteiger charge is -2.36. The SMILES string of the molecule is Cc1ccc(S(=O)(=O)NC2(C(=O)O)CCC(C)CC2)cc1. The van der Waals surface area contributed by atoms with Crippen LogP contribution in [-0.2, 0) is 14.8 Å². The minimum atomic E-state index is -3.83. The molecule has 0 bridgehead atoms. The lowest BCUT2D eigenvalue weighted by Crippen LogP contribution is -2.56. The van der Waals surface area contributed by atoms with Gasteiger partial charge >= 0.3 is 5.97 Å². The fourth-order valence-electron chi connectivity index (χ4n) is 2.65. The molecule has 1 aliphatic rings. The zero-order valence-electron chi connectivity index (χ0n) is 12.3. The molecule has 1 aliphatic carbocycles. The van der Waals surface area contributed by atoms with Crippen LogP contribution < -0.4 is 4.72 Å². The minimum Gasteiger partial charge on any atom is -0.480 e. The van der Waals surface area contributed by atoms with E-state index in [0.29, 0.717) is 31.6 Å². The van der Waals surface area contributed by atoms with E-state index in [2.05, 4.69) is 11.6 Å². The van der Waals surface area contributed by atoms with Gasteiger partial charge in [-0.05, 0) is 50.7 Å². The van der Waals surface area contributed by atoms with E-state index in [9.17, 15) is 18.3 Å². The molecule has 0 radical (unpaired) electrons. The van der Waals surface area contributed by atoms with E-state index in [-0.39, 0.29) is 4.90 Å². The highest BCUT2D eigenvalue weighted by molar-refractivity contribution is 7.89. The average molecular weight is 311 g/mol. The third-order valence-corrected chi connectivity index (χ3v) is 5.75. The second-order valence-corrected chi connectivity index (χ2v) is 7.67. The molecule has 0 heterocycles. The van der Waals surface area contributed by atoms with Crippen molar-refractivity contribution in [3.05, 3.63) is 29.8 Å². The molecular weight excluding hydrogens is 290 g/mol. The van der Waals surface area contributed by atoms with Gasteiger partial charge in [0.2, 0.25) is 10.0 Å². The van der Waals surface area contributed by atoms with Crippen LogP contribution in [0.2, 0.25) is 0 Å². The largest absolute Gasteiger partial charge is 0.480 e. The summed E-state index contributed by atoms with van der Waals surface area (Å²) in [4.78, 5) is 11.7. The summed E-state index contributed by atoms with van der Waals surface area (Å²) in [5.41, 5.74) is -0.427. The minimum absolute atomic E-state index is 0.104. The van der Waals surface area contributed by atoms with Gasteiger partial charge < -0.3 is 5.11 Å². The first-order valence-electron chi connectivity index (χ1n) is 7.09. The Morgan fingerprint density at radius 3 is 2.24 bits per heavy atom. The number of sulfonamides is 1. The van der Waals surface area contributed by atoms with E-state index >= 15 is 0 Å². The lowest BCUT2D eigenvalue weighted by molar-refractivity contribution is -0.145. The Morgan fingerprint density at radius 2 is 1.76 bits per heavy atom. The Balaban J connectivity index is 2.28. The Hall–Kier alpha value is -1.40. The summed E-state index contributed by atoms with van der Waals surface area (Å²) in [5, 5.41) is 9.50. The molecule has 6 heteroatoms. The summed E-state index contributed by atoms with van der Waals surface area (Å²) in [6, 6.07) is 6.40. The van der Waals surface area contributed by atoms with Crippen LogP contribution in [-0.4, -0.2) is 25.0 Å². The zero-order valence-corrected chi connectivity index (χ0v) is 13.1. The summed E-state index contributed by atoms with van der Waals surface area (Å²) in [5.74, 6) is -0.661. The second-order valence-electron chi connectivity index (χ2n) is 5.99. The number of benzene rings is 1. The summed E-state index contributed by atoms with van der Waals surface area (Å²) in [6.07, 6.45) is 2.08. The van der Waals surface area contributed by atoms with Crippen molar-refractivity contribution < 1.29 is 18.3 Å². The lowest BCUT2D eigenvalue weighted by atomic mass is 9.78. The van der Waals surface area contributed by atoms with Crippen molar-refractivity contribution in [1.29, 1.82) is 0 Å². The van der Waals surface area contributed by atoms with Crippen LogP contribution in [0, 0.1) is 12.8 Å². The highest BCUT2D eigenvalue weighted by Crippen LogP contribution is 2.33. The molecule has 21 heavy (non-hydrogen) atoms. The number of nitrogens with one attached hydrogen (secondary N) is 1. The normalized spacial score (nSPS) is 26.5. The molecule has 1 aromatic rings. The first-order valence-corrected chi connectivity index (χ1v) is 8.57. The molecule has 0 unspecified atom stereocenters. The summed E-state index contributed by atoms with van der Waals surface area (Å²) in [6.45, 7) is 3.92. The van der Waals surface area contributed by atoms with Gasteiger partial charge in [0.05, 0.1) is 4.90 Å². The molecule has 1 aromatic carbocycles. The summed E-state index contributed by atoms with van der Waals surface area (Å²) >= 11 is 0. The third-order valence-electron chi connectivity index (χ3n) is 4.20. The Kier molecular flexibility index (Phi) is 4.39. The molecule has 0 saturated heterocycles. The number of carboxylic acid groups (broad SMARTS) is 1. The third kappa shape index (κ3) is 3.44. The quantitative estimate of drug-likeness (QED) is 0.893. The van der Waals surface area contributed by atoms with Gasteiger partial charge in [0.25, 0.3) is 0 Å². The average Bonchev–Trinajstić information content (AvgIpc) is 2.41. The van der Waals surface area contributed by atoms with E-state index in [0.717, 1.165) is 5.56 Å².